The first-order valence-corrected chi connectivity index (χ1v) is 10.9. The van der Waals surface area contributed by atoms with E-state index in [-0.39, 0.29) is 16.5 Å². The lowest BCUT2D eigenvalue weighted by Crippen LogP contribution is -2.18. The van der Waals surface area contributed by atoms with Crippen LogP contribution in [0.2, 0.25) is 0 Å². The van der Waals surface area contributed by atoms with Gasteiger partial charge in [-0.2, -0.15) is 23.4 Å². The number of carbonyl (C=O) groups is 1. The molecule has 0 bridgehead atoms. The first kappa shape index (κ1) is 23.2. The molecule has 0 saturated heterocycles. The van der Waals surface area contributed by atoms with Gasteiger partial charge < -0.3 is 4.90 Å². The maximum Gasteiger partial charge on any atom is 0.435 e. The number of anilines is 1. The van der Waals surface area contributed by atoms with Crippen LogP contribution in [0.5, 0.6) is 0 Å². The molecule has 11 heteroatoms. The third-order valence-corrected chi connectivity index (χ3v) is 5.58. The summed E-state index contributed by atoms with van der Waals surface area (Å²) < 4.78 is 41.0. The Morgan fingerprint density at radius 2 is 1.82 bits per heavy atom. The van der Waals surface area contributed by atoms with E-state index in [0.29, 0.717) is 5.56 Å². The largest absolute Gasteiger partial charge is 0.435 e. The van der Waals surface area contributed by atoms with Crippen LogP contribution in [0.3, 0.4) is 0 Å². The van der Waals surface area contributed by atoms with Gasteiger partial charge in [0.15, 0.2) is 5.69 Å². The standard InChI is InChI=1S/C23H19F3N6OS/c1-31(2)17-10-8-15(9-11-17)13-27-29-21(33)18-14-34-22(28-18)32-19(16-6-4-3-5-7-16)12-20(30-32)23(24,25)26/h3-14H,1-2H3,(H,29,33). The van der Waals surface area contributed by atoms with Crippen LogP contribution in [0.15, 0.2) is 71.1 Å². The van der Waals surface area contributed by atoms with Gasteiger partial charge in [-0.05, 0) is 23.8 Å². The third-order valence-electron chi connectivity index (χ3n) is 4.76. The molecule has 2 aromatic carbocycles. The van der Waals surface area contributed by atoms with E-state index in [9.17, 15) is 18.0 Å². The Balaban J connectivity index is 1.54. The van der Waals surface area contributed by atoms with Crippen molar-refractivity contribution in [1.82, 2.24) is 20.2 Å². The highest BCUT2D eigenvalue weighted by molar-refractivity contribution is 7.12. The van der Waals surface area contributed by atoms with Crippen LogP contribution in [0.4, 0.5) is 18.9 Å². The lowest BCUT2D eigenvalue weighted by molar-refractivity contribution is -0.141. The lowest BCUT2D eigenvalue weighted by Gasteiger charge is -2.11. The van der Waals surface area contributed by atoms with Crippen LogP contribution in [0.25, 0.3) is 16.4 Å². The van der Waals surface area contributed by atoms with Crippen molar-refractivity contribution in [1.29, 1.82) is 0 Å². The summed E-state index contributed by atoms with van der Waals surface area (Å²) in [6.07, 6.45) is -3.13. The maximum atomic E-state index is 13.3. The second-order valence-corrected chi connectivity index (χ2v) is 8.23. The van der Waals surface area contributed by atoms with Gasteiger partial charge in [-0.3, -0.25) is 4.79 Å². The summed E-state index contributed by atoms with van der Waals surface area (Å²) in [4.78, 5) is 18.6. The van der Waals surface area contributed by atoms with E-state index in [4.69, 9.17) is 0 Å². The smallest absolute Gasteiger partial charge is 0.378 e. The van der Waals surface area contributed by atoms with Crippen LogP contribution in [0, 0.1) is 0 Å². The van der Waals surface area contributed by atoms with E-state index in [2.05, 4.69) is 20.6 Å². The second kappa shape index (κ2) is 9.48. The number of rotatable bonds is 6. The Morgan fingerprint density at radius 3 is 2.47 bits per heavy atom. The minimum Gasteiger partial charge on any atom is -0.378 e. The summed E-state index contributed by atoms with van der Waals surface area (Å²) in [5.41, 5.74) is 3.92. The summed E-state index contributed by atoms with van der Waals surface area (Å²) >= 11 is 1.00. The molecule has 2 heterocycles. The number of benzene rings is 2. The topological polar surface area (TPSA) is 75.4 Å². The van der Waals surface area contributed by atoms with Gasteiger partial charge in [-0.25, -0.2) is 15.1 Å². The van der Waals surface area contributed by atoms with E-state index < -0.39 is 17.8 Å². The van der Waals surface area contributed by atoms with Crippen molar-refractivity contribution in [2.24, 2.45) is 5.10 Å². The number of hydrogen-bond acceptors (Lipinski definition) is 6. The number of nitrogens with one attached hydrogen (secondary N) is 1. The molecule has 4 aromatic rings. The van der Waals surface area contributed by atoms with Crippen LogP contribution in [-0.2, 0) is 6.18 Å². The fraction of sp³-hybridized carbons (Fsp3) is 0.130. The van der Waals surface area contributed by atoms with E-state index in [0.717, 1.165) is 33.3 Å². The van der Waals surface area contributed by atoms with Crippen molar-refractivity contribution in [2.45, 2.75) is 6.18 Å². The number of aromatic nitrogens is 3. The number of hydrazone groups is 1. The van der Waals surface area contributed by atoms with E-state index in [1.54, 1.807) is 30.3 Å². The van der Waals surface area contributed by atoms with Gasteiger partial charge in [0.05, 0.1) is 11.9 Å². The monoisotopic (exact) mass is 484 g/mol. The van der Waals surface area contributed by atoms with Gasteiger partial charge in [0, 0.05) is 30.7 Å². The zero-order valence-electron chi connectivity index (χ0n) is 18.1. The molecular weight excluding hydrogens is 465 g/mol. The van der Waals surface area contributed by atoms with Gasteiger partial charge >= 0.3 is 6.18 Å². The van der Waals surface area contributed by atoms with E-state index in [1.165, 1.54) is 11.6 Å². The molecule has 1 N–H and O–H groups in total. The van der Waals surface area contributed by atoms with Crippen molar-refractivity contribution >= 4 is 29.1 Å². The molecule has 0 aliphatic heterocycles. The van der Waals surface area contributed by atoms with Crippen molar-refractivity contribution in [3.63, 3.8) is 0 Å². The summed E-state index contributed by atoms with van der Waals surface area (Å²) in [7, 11) is 3.86. The first-order valence-electron chi connectivity index (χ1n) is 10.0. The Kier molecular flexibility index (Phi) is 6.46. The molecule has 0 fully saturated rings. The molecule has 0 atom stereocenters. The minimum atomic E-state index is -4.62. The highest BCUT2D eigenvalue weighted by Gasteiger charge is 2.35. The van der Waals surface area contributed by atoms with Gasteiger partial charge in [-0.15, -0.1) is 11.3 Å². The molecule has 0 radical (unpaired) electrons. The molecule has 1 amide bonds. The highest BCUT2D eigenvalue weighted by Crippen LogP contribution is 2.33. The molecule has 0 unspecified atom stereocenters. The Hall–Kier alpha value is -3.99. The quantitative estimate of drug-likeness (QED) is 0.314. The van der Waals surface area contributed by atoms with Crippen LogP contribution >= 0.6 is 11.3 Å². The molecule has 4 rings (SSSR count). The van der Waals surface area contributed by atoms with Crippen molar-refractivity contribution in [3.8, 4) is 16.4 Å². The molecule has 0 spiro atoms. The molecule has 0 aliphatic rings. The SMILES string of the molecule is CN(C)c1ccc(C=NNC(=O)c2csc(-n3nc(C(F)(F)F)cc3-c3ccccc3)n2)cc1. The first-order chi connectivity index (χ1) is 16.2. The normalized spacial score (nSPS) is 11.7. The number of nitrogens with zero attached hydrogens (tertiary/aromatic N) is 5. The van der Waals surface area contributed by atoms with Crippen LogP contribution in [-0.4, -0.2) is 41.0 Å². The van der Waals surface area contributed by atoms with Gasteiger partial charge in [0.25, 0.3) is 5.91 Å². The molecular formula is C23H19F3N6OS. The predicted molar refractivity (Wildman–Crippen MR) is 126 cm³/mol. The summed E-state index contributed by atoms with van der Waals surface area (Å²) in [6.45, 7) is 0. The molecule has 34 heavy (non-hydrogen) atoms. The average molecular weight is 485 g/mol. The molecule has 7 nitrogen and oxygen atoms in total. The van der Waals surface area contributed by atoms with Crippen LogP contribution < -0.4 is 10.3 Å². The molecule has 2 aromatic heterocycles. The fourth-order valence-electron chi connectivity index (χ4n) is 3.03. The third kappa shape index (κ3) is 5.15. The van der Waals surface area contributed by atoms with Crippen LogP contribution in [0.1, 0.15) is 21.7 Å². The van der Waals surface area contributed by atoms with Crippen molar-refractivity contribution in [3.05, 3.63) is 83.0 Å². The number of carbonyl (C=O) groups excluding carboxylic acids is 1. The highest BCUT2D eigenvalue weighted by atomic mass is 32.1. The Morgan fingerprint density at radius 1 is 1.12 bits per heavy atom. The van der Waals surface area contributed by atoms with Gasteiger partial charge in [0.1, 0.15) is 5.69 Å². The summed E-state index contributed by atoms with van der Waals surface area (Å²) in [6, 6.07) is 17.0. The number of amides is 1. The predicted octanol–water partition coefficient (Wildman–Crippen LogP) is 4.84. The minimum absolute atomic E-state index is 0.0168. The van der Waals surface area contributed by atoms with Gasteiger partial charge in [-0.1, -0.05) is 42.5 Å². The van der Waals surface area contributed by atoms with Gasteiger partial charge in [0.2, 0.25) is 5.13 Å². The average Bonchev–Trinajstić information content (AvgIpc) is 3.47. The zero-order chi connectivity index (χ0) is 24.3. The molecule has 0 saturated carbocycles. The summed E-state index contributed by atoms with van der Waals surface area (Å²) in [5, 5.41) is 9.20. The summed E-state index contributed by atoms with van der Waals surface area (Å²) in [5.74, 6) is -0.590. The molecule has 0 aliphatic carbocycles. The number of thiazole rings is 1. The van der Waals surface area contributed by atoms with Crippen molar-refractivity contribution in [2.75, 3.05) is 19.0 Å². The number of halogens is 3. The second-order valence-electron chi connectivity index (χ2n) is 7.39. The molecule has 174 valence electrons. The van der Waals surface area contributed by atoms with E-state index >= 15 is 0 Å². The number of alkyl halides is 3. The maximum absolute atomic E-state index is 13.3. The zero-order valence-corrected chi connectivity index (χ0v) is 18.9. The van der Waals surface area contributed by atoms with E-state index in [1.807, 2.05) is 43.3 Å². The number of hydrogen-bond donors (Lipinski definition) is 1. The lowest BCUT2D eigenvalue weighted by atomic mass is 10.1. The fourth-order valence-corrected chi connectivity index (χ4v) is 3.79. The van der Waals surface area contributed by atoms with Crippen molar-refractivity contribution < 1.29 is 18.0 Å². The Labute approximate surface area is 197 Å². The Bertz CT molecular complexity index is 1310.